The summed E-state index contributed by atoms with van der Waals surface area (Å²) < 4.78 is 0. The fourth-order valence-corrected chi connectivity index (χ4v) is 2.19. The molecule has 1 saturated heterocycles. The molecule has 0 bridgehead atoms. The van der Waals surface area contributed by atoms with Gasteiger partial charge < -0.3 is 9.80 Å². The fraction of sp³-hybridized carbons (Fsp3) is 0.909. The Morgan fingerprint density at radius 1 is 1.29 bits per heavy atom. The molecule has 2 unspecified atom stereocenters. The van der Waals surface area contributed by atoms with Crippen LogP contribution in [0.25, 0.3) is 0 Å². The van der Waals surface area contributed by atoms with Crippen LogP contribution >= 0.6 is 0 Å². The fourth-order valence-electron chi connectivity index (χ4n) is 2.19. The Hall–Kier alpha value is -0.570. The molecule has 1 aliphatic carbocycles. The first-order chi connectivity index (χ1) is 6.72. The second-order valence-electron chi connectivity index (χ2n) is 4.58. The molecule has 1 aliphatic heterocycles. The van der Waals surface area contributed by atoms with E-state index in [1.807, 2.05) is 0 Å². The largest absolute Gasteiger partial charge is 0.340 e. The Morgan fingerprint density at radius 3 is 2.29 bits per heavy atom. The van der Waals surface area contributed by atoms with E-state index < -0.39 is 0 Å². The van der Waals surface area contributed by atoms with E-state index in [0.717, 1.165) is 39.1 Å². The van der Waals surface area contributed by atoms with Crippen LogP contribution in [0.4, 0.5) is 0 Å². The van der Waals surface area contributed by atoms with Crippen molar-refractivity contribution >= 4 is 5.91 Å². The Morgan fingerprint density at radius 2 is 1.86 bits per heavy atom. The maximum Gasteiger partial charge on any atom is 0.226 e. The molecular weight excluding hydrogens is 176 g/mol. The molecule has 1 saturated carbocycles. The Labute approximate surface area is 86.1 Å². The standard InChI is InChI=1S/C11H20N2O/c1-3-12-4-6-13(7-5-12)11(14)10-8-9(10)2/h9-10H,3-8H2,1-2H3. The monoisotopic (exact) mass is 196 g/mol. The van der Waals surface area contributed by atoms with Gasteiger partial charge in [-0.05, 0) is 18.9 Å². The van der Waals surface area contributed by atoms with E-state index >= 15 is 0 Å². The summed E-state index contributed by atoms with van der Waals surface area (Å²) in [4.78, 5) is 16.3. The summed E-state index contributed by atoms with van der Waals surface area (Å²) in [6, 6.07) is 0. The van der Waals surface area contributed by atoms with Crippen LogP contribution in [0.2, 0.25) is 0 Å². The average Bonchev–Trinajstić information content (AvgIpc) is 2.95. The number of piperazine rings is 1. The molecule has 3 heteroatoms. The molecule has 0 aromatic carbocycles. The molecule has 2 rings (SSSR count). The van der Waals surface area contributed by atoms with Gasteiger partial charge in [-0.1, -0.05) is 13.8 Å². The van der Waals surface area contributed by atoms with Crippen molar-refractivity contribution in [2.45, 2.75) is 20.3 Å². The lowest BCUT2D eigenvalue weighted by molar-refractivity contribution is -0.134. The zero-order valence-corrected chi connectivity index (χ0v) is 9.20. The van der Waals surface area contributed by atoms with Gasteiger partial charge in [-0.15, -0.1) is 0 Å². The highest BCUT2D eigenvalue weighted by atomic mass is 16.2. The lowest BCUT2D eigenvalue weighted by atomic mass is 10.2. The SMILES string of the molecule is CCN1CCN(C(=O)C2CC2C)CC1. The van der Waals surface area contributed by atoms with Crippen molar-refractivity contribution in [2.24, 2.45) is 11.8 Å². The number of hydrogen-bond acceptors (Lipinski definition) is 2. The number of amides is 1. The molecule has 1 amide bonds. The van der Waals surface area contributed by atoms with Gasteiger partial charge in [0.05, 0.1) is 0 Å². The third-order valence-corrected chi connectivity index (χ3v) is 3.56. The predicted octanol–water partition coefficient (Wildman–Crippen LogP) is 0.806. The minimum atomic E-state index is 0.364. The minimum absolute atomic E-state index is 0.364. The zero-order chi connectivity index (χ0) is 10.1. The molecule has 2 atom stereocenters. The first-order valence-corrected chi connectivity index (χ1v) is 5.73. The highest BCUT2D eigenvalue weighted by Gasteiger charge is 2.41. The van der Waals surface area contributed by atoms with Gasteiger partial charge in [0.1, 0.15) is 0 Å². The van der Waals surface area contributed by atoms with E-state index in [-0.39, 0.29) is 0 Å². The van der Waals surface area contributed by atoms with Crippen LogP contribution in [0.5, 0.6) is 0 Å². The van der Waals surface area contributed by atoms with Gasteiger partial charge in [-0.2, -0.15) is 0 Å². The van der Waals surface area contributed by atoms with Crippen molar-refractivity contribution < 1.29 is 4.79 Å². The van der Waals surface area contributed by atoms with Crippen molar-refractivity contribution in [1.29, 1.82) is 0 Å². The number of carbonyl (C=O) groups excluding carboxylic acids is 1. The maximum absolute atomic E-state index is 11.9. The van der Waals surface area contributed by atoms with E-state index in [4.69, 9.17) is 0 Å². The summed E-state index contributed by atoms with van der Waals surface area (Å²) in [5.41, 5.74) is 0. The van der Waals surface area contributed by atoms with Gasteiger partial charge in [0, 0.05) is 32.1 Å². The Kier molecular flexibility index (Phi) is 2.77. The normalized spacial score (nSPS) is 33.1. The molecule has 2 fully saturated rings. The first kappa shape index (κ1) is 9.97. The summed E-state index contributed by atoms with van der Waals surface area (Å²) in [5, 5.41) is 0. The Balaban J connectivity index is 1.80. The van der Waals surface area contributed by atoms with E-state index in [9.17, 15) is 4.79 Å². The lowest BCUT2D eigenvalue weighted by Gasteiger charge is -2.34. The van der Waals surface area contributed by atoms with Crippen molar-refractivity contribution in [3.8, 4) is 0 Å². The van der Waals surface area contributed by atoms with Gasteiger partial charge >= 0.3 is 0 Å². The lowest BCUT2D eigenvalue weighted by Crippen LogP contribution is -2.49. The second-order valence-corrected chi connectivity index (χ2v) is 4.58. The summed E-state index contributed by atoms with van der Waals surface area (Å²) in [6.45, 7) is 9.46. The molecule has 0 N–H and O–H groups in total. The molecule has 0 spiro atoms. The van der Waals surface area contributed by atoms with Crippen LogP contribution in [0.15, 0.2) is 0 Å². The summed E-state index contributed by atoms with van der Waals surface area (Å²) in [5.74, 6) is 1.42. The van der Waals surface area contributed by atoms with E-state index in [1.54, 1.807) is 0 Å². The quantitative estimate of drug-likeness (QED) is 0.652. The predicted molar refractivity (Wildman–Crippen MR) is 56.0 cm³/mol. The average molecular weight is 196 g/mol. The Bertz CT molecular complexity index is 221. The summed E-state index contributed by atoms with van der Waals surface area (Å²) in [6.07, 6.45) is 1.12. The number of likely N-dealkylation sites (N-methyl/N-ethyl adjacent to an activating group) is 1. The van der Waals surface area contributed by atoms with Crippen LogP contribution in [0.1, 0.15) is 20.3 Å². The van der Waals surface area contributed by atoms with Crippen LogP contribution in [-0.2, 0) is 4.79 Å². The molecule has 0 radical (unpaired) electrons. The van der Waals surface area contributed by atoms with Crippen LogP contribution in [-0.4, -0.2) is 48.4 Å². The number of carbonyl (C=O) groups is 1. The minimum Gasteiger partial charge on any atom is -0.340 e. The van der Waals surface area contributed by atoms with Crippen molar-refractivity contribution in [3.63, 3.8) is 0 Å². The van der Waals surface area contributed by atoms with Gasteiger partial charge in [-0.25, -0.2) is 0 Å². The molecular formula is C11H20N2O. The molecule has 0 aromatic rings. The zero-order valence-electron chi connectivity index (χ0n) is 9.20. The van der Waals surface area contributed by atoms with Crippen molar-refractivity contribution in [1.82, 2.24) is 9.80 Å². The smallest absolute Gasteiger partial charge is 0.226 e. The number of hydrogen-bond donors (Lipinski definition) is 0. The van der Waals surface area contributed by atoms with Crippen molar-refractivity contribution in [2.75, 3.05) is 32.7 Å². The maximum atomic E-state index is 11.9. The third-order valence-electron chi connectivity index (χ3n) is 3.56. The summed E-state index contributed by atoms with van der Waals surface area (Å²) >= 11 is 0. The number of nitrogens with zero attached hydrogens (tertiary/aromatic N) is 2. The van der Waals surface area contributed by atoms with Gasteiger partial charge in [-0.3, -0.25) is 4.79 Å². The van der Waals surface area contributed by atoms with Crippen molar-refractivity contribution in [3.05, 3.63) is 0 Å². The highest BCUT2D eigenvalue weighted by Crippen LogP contribution is 2.39. The molecule has 2 aliphatic rings. The van der Waals surface area contributed by atoms with E-state index in [0.29, 0.717) is 17.7 Å². The first-order valence-electron chi connectivity index (χ1n) is 5.73. The molecule has 0 aromatic heterocycles. The third kappa shape index (κ3) is 1.92. The molecule has 1 heterocycles. The molecule has 3 nitrogen and oxygen atoms in total. The summed E-state index contributed by atoms with van der Waals surface area (Å²) in [7, 11) is 0. The van der Waals surface area contributed by atoms with Gasteiger partial charge in [0.15, 0.2) is 0 Å². The van der Waals surface area contributed by atoms with Gasteiger partial charge in [0.2, 0.25) is 5.91 Å². The molecule has 14 heavy (non-hydrogen) atoms. The van der Waals surface area contributed by atoms with Crippen LogP contribution in [0, 0.1) is 11.8 Å². The van der Waals surface area contributed by atoms with E-state index in [1.165, 1.54) is 0 Å². The highest BCUT2D eigenvalue weighted by molar-refractivity contribution is 5.81. The van der Waals surface area contributed by atoms with Gasteiger partial charge in [0.25, 0.3) is 0 Å². The van der Waals surface area contributed by atoms with Crippen LogP contribution in [0.3, 0.4) is 0 Å². The van der Waals surface area contributed by atoms with Crippen LogP contribution < -0.4 is 0 Å². The number of rotatable bonds is 2. The van der Waals surface area contributed by atoms with E-state index in [2.05, 4.69) is 23.6 Å². The molecule has 80 valence electrons. The topological polar surface area (TPSA) is 23.6 Å². The second kappa shape index (κ2) is 3.89.